The van der Waals surface area contributed by atoms with E-state index in [1.54, 1.807) is 0 Å². The van der Waals surface area contributed by atoms with Gasteiger partial charge in [-0.1, -0.05) is 12.1 Å². The van der Waals surface area contributed by atoms with Gasteiger partial charge in [0.25, 0.3) is 0 Å². The van der Waals surface area contributed by atoms with Crippen molar-refractivity contribution < 1.29 is 0 Å². The van der Waals surface area contributed by atoms with Crippen LogP contribution < -0.4 is 5.32 Å². The number of nitrogens with zero attached hydrogens (tertiary/aromatic N) is 1. The smallest absolute Gasteiger partial charge is 0.103 e. The first-order chi connectivity index (χ1) is 9.11. The number of aryl methyl sites for hydroxylation is 1. The lowest BCUT2D eigenvalue weighted by Gasteiger charge is -2.07. The highest BCUT2D eigenvalue weighted by Crippen LogP contribution is 2.32. The minimum absolute atomic E-state index is 0.375. The Morgan fingerprint density at radius 3 is 2.84 bits per heavy atom. The summed E-state index contributed by atoms with van der Waals surface area (Å²) in [4.78, 5) is 7.27. The lowest BCUT2D eigenvalue weighted by molar-refractivity contribution is 0.658. The van der Waals surface area contributed by atoms with Gasteiger partial charge in [-0.05, 0) is 49.0 Å². The molecule has 1 aromatic heterocycles. The summed E-state index contributed by atoms with van der Waals surface area (Å²) in [6.45, 7) is 4.26. The molecule has 0 saturated carbocycles. The van der Waals surface area contributed by atoms with E-state index in [0.29, 0.717) is 6.04 Å². The third kappa shape index (κ3) is 3.81. The van der Waals surface area contributed by atoms with Crippen LogP contribution in [0.15, 0.2) is 33.6 Å². The van der Waals surface area contributed by atoms with Crippen molar-refractivity contribution in [3.63, 3.8) is 0 Å². The van der Waals surface area contributed by atoms with Crippen LogP contribution in [0, 0.1) is 6.92 Å². The highest BCUT2D eigenvalue weighted by Gasteiger charge is 2.13. The molecule has 102 valence electrons. The second kappa shape index (κ2) is 6.88. The van der Waals surface area contributed by atoms with Crippen LogP contribution in [-0.4, -0.2) is 12.0 Å². The molecule has 0 spiro atoms. The molecule has 0 saturated heterocycles. The Bertz CT molecular complexity index is 554. The molecule has 1 N–H and O–H groups in total. The van der Waals surface area contributed by atoms with Crippen molar-refractivity contribution in [1.29, 1.82) is 0 Å². The fourth-order valence-corrected chi connectivity index (χ4v) is 4.45. The molecule has 1 heterocycles. The predicted molar refractivity (Wildman–Crippen MR) is 88.0 cm³/mol. The molecule has 5 heteroatoms. The van der Waals surface area contributed by atoms with E-state index in [0.717, 1.165) is 15.9 Å². The van der Waals surface area contributed by atoms with Crippen LogP contribution in [0.25, 0.3) is 0 Å². The third-order valence-corrected chi connectivity index (χ3v) is 6.45. The van der Waals surface area contributed by atoms with Gasteiger partial charge in [0.2, 0.25) is 0 Å². The molecule has 2 aromatic rings. The van der Waals surface area contributed by atoms with Crippen molar-refractivity contribution in [2.45, 2.75) is 30.5 Å². The number of aromatic nitrogens is 1. The lowest BCUT2D eigenvalue weighted by atomic mass is 10.2. The normalized spacial score (nSPS) is 12.6. The highest BCUT2D eigenvalue weighted by atomic mass is 79.9. The van der Waals surface area contributed by atoms with Crippen LogP contribution in [0.2, 0.25) is 0 Å². The van der Waals surface area contributed by atoms with Gasteiger partial charge in [0, 0.05) is 20.3 Å². The zero-order chi connectivity index (χ0) is 13.8. The lowest BCUT2D eigenvalue weighted by Crippen LogP contribution is -2.11. The summed E-state index contributed by atoms with van der Waals surface area (Å²) in [6.07, 6.45) is 0. The molecule has 1 unspecified atom stereocenters. The molecular formula is C14H17BrN2S2. The van der Waals surface area contributed by atoms with E-state index in [-0.39, 0.29) is 0 Å². The maximum Gasteiger partial charge on any atom is 0.103 e. The summed E-state index contributed by atoms with van der Waals surface area (Å²) in [7, 11) is 1.99. The SMILES string of the molecule is CNC(C)c1sc(CSc2ccccc2Br)nc1C. The topological polar surface area (TPSA) is 24.9 Å². The molecule has 0 aliphatic heterocycles. The van der Waals surface area contributed by atoms with Crippen LogP contribution in [0.3, 0.4) is 0 Å². The molecule has 0 fully saturated rings. The van der Waals surface area contributed by atoms with Crippen molar-refractivity contribution in [2.24, 2.45) is 0 Å². The number of thiazole rings is 1. The molecule has 2 rings (SSSR count). The van der Waals surface area contributed by atoms with Crippen LogP contribution in [-0.2, 0) is 5.75 Å². The van der Waals surface area contributed by atoms with E-state index in [9.17, 15) is 0 Å². The molecule has 0 amide bonds. The van der Waals surface area contributed by atoms with Crippen molar-refractivity contribution in [2.75, 3.05) is 7.05 Å². The first-order valence-corrected chi connectivity index (χ1v) is 8.72. The number of halogens is 1. The molecule has 0 radical (unpaired) electrons. The van der Waals surface area contributed by atoms with Gasteiger partial charge in [0.05, 0.1) is 11.4 Å². The Hall–Kier alpha value is -0.360. The van der Waals surface area contributed by atoms with Gasteiger partial charge in [-0.3, -0.25) is 0 Å². The molecule has 0 aliphatic carbocycles. The minimum atomic E-state index is 0.375. The Labute approximate surface area is 131 Å². The maximum atomic E-state index is 4.67. The van der Waals surface area contributed by atoms with Gasteiger partial charge in [-0.25, -0.2) is 4.98 Å². The molecular weight excluding hydrogens is 340 g/mol. The largest absolute Gasteiger partial charge is 0.312 e. The summed E-state index contributed by atoms with van der Waals surface area (Å²) in [6, 6.07) is 8.68. The predicted octanol–water partition coefficient (Wildman–Crippen LogP) is 4.79. The number of thioether (sulfide) groups is 1. The quantitative estimate of drug-likeness (QED) is 0.779. The Kier molecular flexibility index (Phi) is 5.45. The van der Waals surface area contributed by atoms with E-state index >= 15 is 0 Å². The number of nitrogens with one attached hydrogen (secondary N) is 1. The third-order valence-electron chi connectivity index (χ3n) is 2.89. The van der Waals surface area contributed by atoms with Crippen molar-refractivity contribution >= 4 is 39.0 Å². The molecule has 2 nitrogen and oxygen atoms in total. The van der Waals surface area contributed by atoms with E-state index in [1.165, 1.54) is 14.8 Å². The molecule has 1 aromatic carbocycles. The van der Waals surface area contributed by atoms with Gasteiger partial charge in [-0.15, -0.1) is 23.1 Å². The van der Waals surface area contributed by atoms with E-state index in [2.05, 4.69) is 58.3 Å². The zero-order valence-corrected chi connectivity index (χ0v) is 14.5. The number of hydrogen-bond acceptors (Lipinski definition) is 4. The Balaban J connectivity index is 2.06. The number of rotatable bonds is 5. The standard InChI is InChI=1S/C14H17BrN2S2/c1-9(16-3)14-10(2)17-13(19-14)8-18-12-7-5-4-6-11(12)15/h4-7,9,16H,8H2,1-3H3. The monoisotopic (exact) mass is 356 g/mol. The average molecular weight is 357 g/mol. The van der Waals surface area contributed by atoms with Gasteiger partial charge < -0.3 is 5.32 Å². The van der Waals surface area contributed by atoms with Crippen LogP contribution in [0.1, 0.15) is 28.5 Å². The minimum Gasteiger partial charge on any atom is -0.312 e. The van der Waals surface area contributed by atoms with Gasteiger partial charge in [-0.2, -0.15) is 0 Å². The summed E-state index contributed by atoms with van der Waals surface area (Å²) in [5.41, 5.74) is 1.15. The fourth-order valence-electron chi connectivity index (χ4n) is 1.76. The van der Waals surface area contributed by atoms with Gasteiger partial charge >= 0.3 is 0 Å². The van der Waals surface area contributed by atoms with E-state index in [1.807, 2.05) is 36.2 Å². The molecule has 0 bridgehead atoms. The Morgan fingerprint density at radius 1 is 1.42 bits per heavy atom. The van der Waals surface area contributed by atoms with E-state index < -0.39 is 0 Å². The maximum absolute atomic E-state index is 4.67. The molecule has 0 aliphatic rings. The fraction of sp³-hybridized carbons (Fsp3) is 0.357. The zero-order valence-electron chi connectivity index (χ0n) is 11.2. The van der Waals surface area contributed by atoms with Crippen molar-refractivity contribution in [1.82, 2.24) is 10.3 Å². The number of benzene rings is 1. The van der Waals surface area contributed by atoms with Crippen LogP contribution in [0.5, 0.6) is 0 Å². The first kappa shape index (κ1) is 15.0. The summed E-state index contributed by atoms with van der Waals surface area (Å²) in [5, 5.41) is 4.46. The van der Waals surface area contributed by atoms with Crippen molar-refractivity contribution in [3.8, 4) is 0 Å². The van der Waals surface area contributed by atoms with E-state index in [4.69, 9.17) is 0 Å². The highest BCUT2D eigenvalue weighted by molar-refractivity contribution is 9.10. The average Bonchev–Trinajstić information content (AvgIpc) is 2.78. The summed E-state index contributed by atoms with van der Waals surface area (Å²) < 4.78 is 1.15. The van der Waals surface area contributed by atoms with Gasteiger partial charge in [0.1, 0.15) is 5.01 Å². The van der Waals surface area contributed by atoms with Crippen LogP contribution in [0.4, 0.5) is 0 Å². The molecule has 19 heavy (non-hydrogen) atoms. The summed E-state index contributed by atoms with van der Waals surface area (Å²) in [5.74, 6) is 0.921. The second-order valence-electron chi connectivity index (χ2n) is 4.29. The van der Waals surface area contributed by atoms with Crippen LogP contribution >= 0.6 is 39.0 Å². The first-order valence-electron chi connectivity index (χ1n) is 6.12. The summed E-state index contributed by atoms with van der Waals surface area (Å²) >= 11 is 7.21. The van der Waals surface area contributed by atoms with Gasteiger partial charge in [0.15, 0.2) is 0 Å². The second-order valence-corrected chi connectivity index (χ2v) is 7.27. The number of hydrogen-bond donors (Lipinski definition) is 1. The Morgan fingerprint density at radius 2 is 2.16 bits per heavy atom. The van der Waals surface area contributed by atoms with Crippen molar-refractivity contribution in [3.05, 3.63) is 44.3 Å². The molecule has 1 atom stereocenters.